The molecule has 0 bridgehead atoms. The van der Waals surface area contributed by atoms with E-state index in [0.29, 0.717) is 23.8 Å². The summed E-state index contributed by atoms with van der Waals surface area (Å²) < 4.78 is 5.86. The Hall–Kier alpha value is -2.05. The molecule has 0 fully saturated rings. The van der Waals surface area contributed by atoms with Crippen molar-refractivity contribution in [2.45, 2.75) is 57.8 Å². The van der Waals surface area contributed by atoms with E-state index in [1.54, 1.807) is 19.1 Å². The highest BCUT2D eigenvalue weighted by Crippen LogP contribution is 2.36. The van der Waals surface area contributed by atoms with Gasteiger partial charge in [0.05, 0.1) is 5.02 Å². The fourth-order valence-electron chi connectivity index (χ4n) is 4.34. The number of aliphatic hydroxyl groups is 1. The molecule has 2 aromatic rings. The van der Waals surface area contributed by atoms with E-state index < -0.39 is 18.2 Å². The fourth-order valence-corrected chi connectivity index (χ4v) is 4.78. The number of β-amino-alcohol motifs (C(OH)–C–C–N with tert-alkyl or cyclic N) is 1. The van der Waals surface area contributed by atoms with Crippen LogP contribution in [0.25, 0.3) is 6.08 Å². The van der Waals surface area contributed by atoms with Gasteiger partial charge < -0.3 is 20.3 Å². The number of nitrogens with one attached hydrogen (secondary N) is 1. The van der Waals surface area contributed by atoms with Crippen LogP contribution in [0.15, 0.2) is 42.5 Å². The summed E-state index contributed by atoms with van der Waals surface area (Å²) in [4.78, 5) is 10.7. The Kier molecular flexibility index (Phi) is 8.46. The summed E-state index contributed by atoms with van der Waals surface area (Å²) >= 11 is 12.6. The number of hydrogen-bond donors (Lipinski definition) is 3. The molecule has 0 saturated heterocycles. The Balaban J connectivity index is 1.52. The van der Waals surface area contributed by atoms with E-state index in [1.165, 1.54) is 17.2 Å². The first kappa shape index (κ1) is 25.6. The van der Waals surface area contributed by atoms with Crippen LogP contribution in [-0.2, 0) is 17.6 Å². The Morgan fingerprint density at radius 1 is 1.18 bits per heavy atom. The van der Waals surface area contributed by atoms with Crippen LogP contribution in [0.5, 0.6) is 5.75 Å². The molecular formula is C26H31Cl2NO4. The molecule has 0 aliphatic heterocycles. The van der Waals surface area contributed by atoms with E-state index in [9.17, 15) is 9.90 Å². The topological polar surface area (TPSA) is 78.8 Å². The van der Waals surface area contributed by atoms with Crippen molar-refractivity contribution in [1.29, 1.82) is 0 Å². The highest BCUT2D eigenvalue weighted by atomic mass is 35.5. The molecule has 5 nitrogen and oxygen atoms in total. The molecule has 0 aromatic heterocycles. The minimum atomic E-state index is -1.08. The van der Waals surface area contributed by atoms with E-state index >= 15 is 0 Å². The zero-order valence-electron chi connectivity index (χ0n) is 19.1. The van der Waals surface area contributed by atoms with Crippen molar-refractivity contribution in [2.75, 3.05) is 6.54 Å². The minimum absolute atomic E-state index is 0.132. The van der Waals surface area contributed by atoms with Crippen molar-refractivity contribution >= 4 is 35.2 Å². The number of ether oxygens (including phenoxy) is 1. The van der Waals surface area contributed by atoms with Crippen molar-refractivity contribution in [3.05, 3.63) is 69.2 Å². The first-order chi connectivity index (χ1) is 15.6. The number of benzene rings is 2. The van der Waals surface area contributed by atoms with E-state index in [-0.39, 0.29) is 15.6 Å². The van der Waals surface area contributed by atoms with E-state index in [2.05, 4.69) is 43.4 Å². The van der Waals surface area contributed by atoms with Crippen LogP contribution in [0, 0.1) is 5.92 Å². The van der Waals surface area contributed by atoms with Gasteiger partial charge in [-0.1, -0.05) is 47.5 Å². The molecular weight excluding hydrogens is 461 g/mol. The summed E-state index contributed by atoms with van der Waals surface area (Å²) in [5.41, 5.74) is 3.23. The van der Waals surface area contributed by atoms with Crippen LogP contribution in [0.1, 0.15) is 43.9 Å². The smallest absolute Gasteiger partial charge is 0.328 e. The second-order valence-corrected chi connectivity index (χ2v) is 10.1. The lowest BCUT2D eigenvalue weighted by Gasteiger charge is -2.32. The number of rotatable bonds is 10. The molecule has 7 heteroatoms. The third-order valence-electron chi connectivity index (χ3n) is 6.06. The van der Waals surface area contributed by atoms with Crippen LogP contribution >= 0.6 is 23.2 Å². The largest absolute Gasteiger partial charge is 0.486 e. The summed E-state index contributed by atoms with van der Waals surface area (Å²) in [6.07, 6.45) is 4.27. The highest BCUT2D eigenvalue weighted by Gasteiger charge is 2.29. The second kappa shape index (κ2) is 10.9. The molecule has 0 radical (unpaired) electrons. The van der Waals surface area contributed by atoms with E-state index in [1.807, 2.05) is 0 Å². The maximum absolute atomic E-state index is 10.7. The molecule has 1 aliphatic rings. The first-order valence-electron chi connectivity index (χ1n) is 11.1. The fraction of sp³-hybridized carbons (Fsp3) is 0.423. The maximum atomic E-state index is 10.7. The number of aliphatic carboxylic acids is 1. The standard InChI is InChI=1S/C26H31Cl2NO4/c1-16(33-22-10-8-18(9-11-23(31)32)24(27)25(22)28)21(30)15-29-26(2,3)14-17-12-19-6-4-5-7-20(19)13-17/h4-11,16-17,21,29-30H,12-15H2,1-3H3,(H,31,32)/b11-9+. The lowest BCUT2D eigenvalue weighted by molar-refractivity contribution is -0.131. The molecule has 0 amide bonds. The monoisotopic (exact) mass is 491 g/mol. The van der Waals surface area contributed by atoms with Crippen LogP contribution in [0.2, 0.25) is 10.0 Å². The molecule has 0 saturated carbocycles. The number of fused-ring (bicyclic) bond motifs is 1. The molecule has 3 N–H and O–H groups in total. The lowest BCUT2D eigenvalue weighted by Crippen LogP contribution is -2.48. The molecule has 1 aliphatic carbocycles. The van der Waals surface area contributed by atoms with Crippen molar-refractivity contribution < 1.29 is 19.7 Å². The van der Waals surface area contributed by atoms with Crippen LogP contribution in [0.4, 0.5) is 0 Å². The molecule has 3 rings (SSSR count). The zero-order valence-corrected chi connectivity index (χ0v) is 20.7. The van der Waals surface area contributed by atoms with Gasteiger partial charge in [0.25, 0.3) is 0 Å². The van der Waals surface area contributed by atoms with Gasteiger partial charge in [-0.2, -0.15) is 0 Å². The van der Waals surface area contributed by atoms with Crippen LogP contribution < -0.4 is 10.1 Å². The Bertz CT molecular complexity index is 996. The van der Waals surface area contributed by atoms with E-state index in [4.69, 9.17) is 33.0 Å². The van der Waals surface area contributed by atoms with Gasteiger partial charge in [0, 0.05) is 18.2 Å². The second-order valence-electron chi connectivity index (χ2n) is 9.35. The van der Waals surface area contributed by atoms with Gasteiger partial charge in [-0.15, -0.1) is 0 Å². The van der Waals surface area contributed by atoms with Crippen molar-refractivity contribution in [3.63, 3.8) is 0 Å². The SMILES string of the molecule is CC(Oc1ccc(/C=C/C(=O)O)c(Cl)c1Cl)C(O)CNC(C)(C)CC1Cc2ccccc2C1. The first-order valence-corrected chi connectivity index (χ1v) is 11.9. The van der Waals surface area contributed by atoms with Gasteiger partial charge in [0.2, 0.25) is 0 Å². The van der Waals surface area contributed by atoms with E-state index in [0.717, 1.165) is 25.3 Å². The third-order valence-corrected chi connectivity index (χ3v) is 6.94. The molecule has 0 spiro atoms. The molecule has 33 heavy (non-hydrogen) atoms. The number of carboxylic acids is 1. The summed E-state index contributed by atoms with van der Waals surface area (Å²) in [5.74, 6) is -0.152. The maximum Gasteiger partial charge on any atom is 0.328 e. The van der Waals surface area contributed by atoms with Crippen molar-refractivity contribution in [1.82, 2.24) is 5.32 Å². The normalized spacial score (nSPS) is 16.1. The highest BCUT2D eigenvalue weighted by molar-refractivity contribution is 6.43. The van der Waals surface area contributed by atoms with Gasteiger partial charge in [0.15, 0.2) is 0 Å². The molecule has 2 aromatic carbocycles. The summed E-state index contributed by atoms with van der Waals surface area (Å²) in [7, 11) is 0. The number of hydrogen-bond acceptors (Lipinski definition) is 4. The lowest BCUT2D eigenvalue weighted by atomic mass is 9.88. The predicted octanol–water partition coefficient (Wildman–Crippen LogP) is 5.39. The quantitative estimate of drug-likeness (QED) is 0.388. The van der Waals surface area contributed by atoms with Gasteiger partial charge in [0.1, 0.15) is 23.0 Å². The number of halogens is 2. The Morgan fingerprint density at radius 3 is 2.42 bits per heavy atom. The van der Waals surface area contributed by atoms with Gasteiger partial charge in [-0.3, -0.25) is 0 Å². The molecule has 2 atom stereocenters. The zero-order chi connectivity index (χ0) is 24.2. The van der Waals surface area contributed by atoms with Gasteiger partial charge >= 0.3 is 5.97 Å². The van der Waals surface area contributed by atoms with Crippen LogP contribution in [-0.4, -0.2) is 40.5 Å². The summed E-state index contributed by atoms with van der Waals surface area (Å²) in [5, 5.41) is 23.3. The number of carboxylic acid groups (broad SMARTS) is 1. The summed E-state index contributed by atoms with van der Waals surface area (Å²) in [6.45, 7) is 6.47. The number of aliphatic hydroxyl groups excluding tert-OH is 1. The molecule has 178 valence electrons. The molecule has 2 unspecified atom stereocenters. The Labute approximate surface area is 205 Å². The molecule has 0 heterocycles. The van der Waals surface area contributed by atoms with Crippen molar-refractivity contribution in [3.8, 4) is 5.75 Å². The van der Waals surface area contributed by atoms with Gasteiger partial charge in [-0.25, -0.2) is 4.79 Å². The number of carbonyl (C=O) groups is 1. The Morgan fingerprint density at radius 2 is 1.82 bits per heavy atom. The average molecular weight is 492 g/mol. The van der Waals surface area contributed by atoms with Crippen molar-refractivity contribution in [2.24, 2.45) is 5.92 Å². The van der Waals surface area contributed by atoms with Gasteiger partial charge in [-0.05, 0) is 80.9 Å². The predicted molar refractivity (Wildman–Crippen MR) is 133 cm³/mol. The van der Waals surface area contributed by atoms with Crippen LogP contribution in [0.3, 0.4) is 0 Å². The summed E-state index contributed by atoms with van der Waals surface area (Å²) in [6, 6.07) is 11.9. The third kappa shape index (κ3) is 6.97. The minimum Gasteiger partial charge on any atom is -0.486 e. The average Bonchev–Trinajstić information content (AvgIpc) is 3.16.